The molecule has 2 heterocycles. The Labute approximate surface area is 97.4 Å². The minimum absolute atomic E-state index is 0.681. The molecule has 1 aromatic heterocycles. The number of pyridine rings is 1. The van der Waals surface area contributed by atoms with Crippen LogP contribution >= 0.6 is 0 Å². The SMILES string of the molecule is CCOc1ncccc1CN1CC[C@H](C)C1. The van der Waals surface area contributed by atoms with Crippen molar-refractivity contribution in [3.05, 3.63) is 23.9 Å². The Morgan fingerprint density at radius 3 is 3.12 bits per heavy atom. The molecule has 3 nitrogen and oxygen atoms in total. The molecular formula is C13H20N2O. The summed E-state index contributed by atoms with van der Waals surface area (Å²) < 4.78 is 5.54. The molecule has 1 fully saturated rings. The summed E-state index contributed by atoms with van der Waals surface area (Å²) in [6.45, 7) is 8.35. The van der Waals surface area contributed by atoms with E-state index >= 15 is 0 Å². The van der Waals surface area contributed by atoms with Crippen LogP contribution in [-0.4, -0.2) is 29.6 Å². The van der Waals surface area contributed by atoms with Crippen LogP contribution in [0.5, 0.6) is 5.88 Å². The molecule has 0 aromatic carbocycles. The van der Waals surface area contributed by atoms with E-state index in [1.807, 2.05) is 13.0 Å². The van der Waals surface area contributed by atoms with E-state index in [0.717, 1.165) is 18.3 Å². The van der Waals surface area contributed by atoms with E-state index in [9.17, 15) is 0 Å². The van der Waals surface area contributed by atoms with Gasteiger partial charge in [0.2, 0.25) is 5.88 Å². The van der Waals surface area contributed by atoms with Crippen molar-refractivity contribution in [2.24, 2.45) is 5.92 Å². The standard InChI is InChI=1S/C13H20N2O/c1-3-16-13-12(5-4-7-14-13)10-15-8-6-11(2)9-15/h4-5,7,11H,3,6,8-10H2,1-2H3/t11-/m0/s1. The topological polar surface area (TPSA) is 25.4 Å². The van der Waals surface area contributed by atoms with Crippen LogP contribution in [-0.2, 0) is 6.54 Å². The van der Waals surface area contributed by atoms with E-state index in [0.29, 0.717) is 6.61 Å². The second-order valence-corrected chi connectivity index (χ2v) is 4.53. The number of nitrogens with zero attached hydrogens (tertiary/aromatic N) is 2. The van der Waals surface area contributed by atoms with Crippen molar-refractivity contribution in [3.8, 4) is 5.88 Å². The number of likely N-dealkylation sites (tertiary alicyclic amines) is 1. The molecule has 0 amide bonds. The van der Waals surface area contributed by atoms with Gasteiger partial charge in [0.15, 0.2) is 0 Å². The van der Waals surface area contributed by atoms with Gasteiger partial charge in [0, 0.05) is 24.8 Å². The molecule has 16 heavy (non-hydrogen) atoms. The molecule has 0 unspecified atom stereocenters. The summed E-state index contributed by atoms with van der Waals surface area (Å²) in [6, 6.07) is 4.10. The van der Waals surface area contributed by atoms with Crippen molar-refractivity contribution in [3.63, 3.8) is 0 Å². The average Bonchev–Trinajstić information content (AvgIpc) is 2.67. The third-order valence-electron chi connectivity index (χ3n) is 3.03. The summed E-state index contributed by atoms with van der Waals surface area (Å²) in [6.07, 6.45) is 3.10. The Bertz CT molecular complexity index is 340. The Kier molecular flexibility index (Phi) is 3.78. The fraction of sp³-hybridized carbons (Fsp3) is 0.615. The van der Waals surface area contributed by atoms with Crippen LogP contribution in [0.2, 0.25) is 0 Å². The molecule has 1 atom stereocenters. The van der Waals surface area contributed by atoms with E-state index in [2.05, 4.69) is 22.9 Å². The van der Waals surface area contributed by atoms with Crippen molar-refractivity contribution in [1.82, 2.24) is 9.88 Å². The average molecular weight is 220 g/mol. The van der Waals surface area contributed by atoms with Gasteiger partial charge < -0.3 is 4.74 Å². The second kappa shape index (κ2) is 5.30. The highest BCUT2D eigenvalue weighted by atomic mass is 16.5. The summed E-state index contributed by atoms with van der Waals surface area (Å²) in [5, 5.41) is 0. The summed E-state index contributed by atoms with van der Waals surface area (Å²) >= 11 is 0. The van der Waals surface area contributed by atoms with Gasteiger partial charge in [-0.05, 0) is 31.9 Å². The van der Waals surface area contributed by atoms with Crippen molar-refractivity contribution in [2.45, 2.75) is 26.8 Å². The normalized spacial score (nSPS) is 21.2. The lowest BCUT2D eigenvalue weighted by Gasteiger charge is -2.16. The molecule has 2 rings (SSSR count). The minimum atomic E-state index is 0.681. The summed E-state index contributed by atoms with van der Waals surface area (Å²) in [4.78, 5) is 6.76. The maximum Gasteiger partial charge on any atom is 0.217 e. The molecule has 0 spiro atoms. The lowest BCUT2D eigenvalue weighted by atomic mass is 10.2. The van der Waals surface area contributed by atoms with Crippen molar-refractivity contribution < 1.29 is 4.74 Å². The fourth-order valence-electron chi connectivity index (χ4n) is 2.22. The Morgan fingerprint density at radius 1 is 1.56 bits per heavy atom. The Morgan fingerprint density at radius 2 is 2.44 bits per heavy atom. The summed E-state index contributed by atoms with van der Waals surface area (Å²) in [5.41, 5.74) is 1.21. The van der Waals surface area contributed by atoms with Gasteiger partial charge in [0.05, 0.1) is 6.61 Å². The van der Waals surface area contributed by atoms with Gasteiger partial charge in [-0.15, -0.1) is 0 Å². The van der Waals surface area contributed by atoms with E-state index < -0.39 is 0 Å². The number of aromatic nitrogens is 1. The van der Waals surface area contributed by atoms with Crippen molar-refractivity contribution in [2.75, 3.05) is 19.7 Å². The van der Waals surface area contributed by atoms with E-state index in [4.69, 9.17) is 4.74 Å². The maximum atomic E-state index is 5.54. The monoisotopic (exact) mass is 220 g/mol. The van der Waals surface area contributed by atoms with Crippen LogP contribution in [0.25, 0.3) is 0 Å². The van der Waals surface area contributed by atoms with E-state index in [-0.39, 0.29) is 0 Å². The van der Waals surface area contributed by atoms with Gasteiger partial charge >= 0.3 is 0 Å². The largest absolute Gasteiger partial charge is 0.478 e. The molecule has 0 radical (unpaired) electrons. The quantitative estimate of drug-likeness (QED) is 0.778. The highest BCUT2D eigenvalue weighted by Crippen LogP contribution is 2.21. The van der Waals surface area contributed by atoms with Crippen molar-refractivity contribution >= 4 is 0 Å². The first-order chi connectivity index (χ1) is 7.79. The molecule has 1 aliphatic rings. The van der Waals surface area contributed by atoms with Gasteiger partial charge in [-0.1, -0.05) is 13.0 Å². The summed E-state index contributed by atoms with van der Waals surface area (Å²) in [7, 11) is 0. The molecule has 0 bridgehead atoms. The maximum absolute atomic E-state index is 5.54. The number of hydrogen-bond donors (Lipinski definition) is 0. The van der Waals surface area contributed by atoms with Crippen LogP contribution in [0, 0.1) is 5.92 Å². The van der Waals surface area contributed by atoms with Gasteiger partial charge in [-0.2, -0.15) is 0 Å². The highest BCUT2D eigenvalue weighted by molar-refractivity contribution is 5.25. The van der Waals surface area contributed by atoms with Gasteiger partial charge in [0.25, 0.3) is 0 Å². The number of hydrogen-bond acceptors (Lipinski definition) is 3. The van der Waals surface area contributed by atoms with Gasteiger partial charge in [0.1, 0.15) is 0 Å². The molecule has 1 aromatic rings. The minimum Gasteiger partial charge on any atom is -0.478 e. The van der Waals surface area contributed by atoms with Crippen LogP contribution in [0.15, 0.2) is 18.3 Å². The Balaban J connectivity index is 2.02. The van der Waals surface area contributed by atoms with E-state index in [1.165, 1.54) is 25.1 Å². The molecule has 0 saturated carbocycles. The predicted molar refractivity (Wildman–Crippen MR) is 64.5 cm³/mol. The Hall–Kier alpha value is -1.09. The zero-order chi connectivity index (χ0) is 11.4. The second-order valence-electron chi connectivity index (χ2n) is 4.53. The number of ether oxygens (including phenoxy) is 1. The lowest BCUT2D eigenvalue weighted by molar-refractivity contribution is 0.292. The third kappa shape index (κ3) is 2.73. The zero-order valence-electron chi connectivity index (χ0n) is 10.1. The van der Waals surface area contributed by atoms with Crippen LogP contribution in [0.3, 0.4) is 0 Å². The van der Waals surface area contributed by atoms with Gasteiger partial charge in [-0.3, -0.25) is 4.90 Å². The molecule has 1 aliphatic heterocycles. The third-order valence-corrected chi connectivity index (χ3v) is 3.03. The predicted octanol–water partition coefficient (Wildman–Crippen LogP) is 2.32. The van der Waals surface area contributed by atoms with Gasteiger partial charge in [-0.25, -0.2) is 4.98 Å². The van der Waals surface area contributed by atoms with Crippen LogP contribution < -0.4 is 4.74 Å². The van der Waals surface area contributed by atoms with Crippen LogP contribution in [0.4, 0.5) is 0 Å². The molecular weight excluding hydrogens is 200 g/mol. The molecule has 0 aliphatic carbocycles. The molecule has 1 saturated heterocycles. The zero-order valence-corrected chi connectivity index (χ0v) is 10.1. The first kappa shape index (κ1) is 11.4. The molecule has 3 heteroatoms. The first-order valence-electron chi connectivity index (χ1n) is 6.08. The molecule has 0 N–H and O–H groups in total. The smallest absolute Gasteiger partial charge is 0.217 e. The highest BCUT2D eigenvalue weighted by Gasteiger charge is 2.19. The first-order valence-corrected chi connectivity index (χ1v) is 6.08. The van der Waals surface area contributed by atoms with Crippen LogP contribution in [0.1, 0.15) is 25.8 Å². The molecule has 88 valence electrons. The number of rotatable bonds is 4. The summed E-state index contributed by atoms with van der Waals surface area (Å²) in [5.74, 6) is 1.62. The van der Waals surface area contributed by atoms with E-state index in [1.54, 1.807) is 6.20 Å². The fourth-order valence-corrected chi connectivity index (χ4v) is 2.22. The van der Waals surface area contributed by atoms with Crippen molar-refractivity contribution in [1.29, 1.82) is 0 Å². The lowest BCUT2D eigenvalue weighted by Crippen LogP contribution is -2.20.